The Labute approximate surface area is 103 Å². The summed E-state index contributed by atoms with van der Waals surface area (Å²) in [5.74, 6) is 0. The van der Waals surface area contributed by atoms with Gasteiger partial charge in [-0.1, -0.05) is 0 Å². The molecule has 0 unspecified atom stereocenters. The second kappa shape index (κ2) is 3.94. The Morgan fingerprint density at radius 1 is 0.765 bits per heavy atom. The number of rotatable bonds is 2. The summed E-state index contributed by atoms with van der Waals surface area (Å²) in [6.45, 7) is 3.17. The zero-order chi connectivity index (χ0) is 12.5. The zero-order valence-corrected chi connectivity index (χ0v) is 11.5. The molecule has 0 aliphatic carbocycles. The molecule has 0 saturated carbocycles. The number of hydrogen-bond donors (Lipinski definition) is 1. The quantitative estimate of drug-likeness (QED) is 0.806. The second-order valence-electron chi connectivity index (χ2n) is 5.60. The molecule has 1 N–H and O–H groups in total. The van der Waals surface area contributed by atoms with Crippen molar-refractivity contribution in [1.82, 2.24) is 0 Å². The molecule has 0 spiro atoms. The van der Waals surface area contributed by atoms with Crippen LogP contribution in [0, 0.1) is 0 Å². The van der Waals surface area contributed by atoms with E-state index >= 15 is 0 Å². The van der Waals surface area contributed by atoms with Crippen LogP contribution in [0.4, 0.5) is 0 Å². The Balaban J connectivity index is 2.65. The first kappa shape index (κ1) is 12.3. The monoisotopic (exact) mass is 246 g/mol. The van der Waals surface area contributed by atoms with E-state index in [0.29, 0.717) is 0 Å². The summed E-state index contributed by atoms with van der Waals surface area (Å²) in [4.78, 5) is 10.7. The summed E-state index contributed by atoms with van der Waals surface area (Å²) in [5, 5.41) is 1.07. The average Bonchev–Trinajstić information content (AvgIpc) is 2.28. The molecular weight excluding hydrogens is 227 g/mol. The normalized spacial score (nSPS) is 14.0. The molecule has 1 nitrogen and oxygen atoms in total. The standard InChI is InChI=1S/C15H19OP/c1-17(2,3,16)15-12-8-7-11-14(15)13-9-5-4-6-10-13/h4-12,16H,1-3H3. The summed E-state index contributed by atoms with van der Waals surface area (Å²) in [5.41, 5.74) is 2.30. The summed E-state index contributed by atoms with van der Waals surface area (Å²) >= 11 is 0. The van der Waals surface area contributed by atoms with Gasteiger partial charge in [-0.3, -0.25) is 0 Å². The molecule has 2 rings (SSSR count). The third kappa shape index (κ3) is 2.74. The van der Waals surface area contributed by atoms with E-state index in [9.17, 15) is 4.89 Å². The molecule has 0 bridgehead atoms. The molecule has 90 valence electrons. The fourth-order valence-electron chi connectivity index (χ4n) is 2.01. The van der Waals surface area contributed by atoms with E-state index in [4.69, 9.17) is 0 Å². The molecule has 0 aliphatic heterocycles. The SMILES string of the molecule is CP(C)(C)(O)c1ccccc1-c1ccccc1. The van der Waals surface area contributed by atoms with Crippen molar-refractivity contribution in [1.29, 1.82) is 0 Å². The molecule has 2 aromatic rings. The van der Waals surface area contributed by atoms with Gasteiger partial charge in [-0.05, 0) is 0 Å². The molecule has 0 aromatic heterocycles. The first-order chi connectivity index (χ1) is 7.85. The maximum absolute atomic E-state index is 10.7. The topological polar surface area (TPSA) is 20.2 Å². The van der Waals surface area contributed by atoms with E-state index < -0.39 is 6.83 Å². The van der Waals surface area contributed by atoms with Crippen molar-refractivity contribution >= 4 is 12.1 Å². The van der Waals surface area contributed by atoms with Gasteiger partial charge in [0.15, 0.2) is 0 Å². The summed E-state index contributed by atoms with van der Waals surface area (Å²) in [6, 6.07) is 18.4. The molecule has 0 heterocycles. The predicted octanol–water partition coefficient (Wildman–Crippen LogP) is 3.33. The van der Waals surface area contributed by atoms with Crippen LogP contribution in [0.1, 0.15) is 0 Å². The molecule has 2 heteroatoms. The van der Waals surface area contributed by atoms with Crippen LogP contribution in [0.25, 0.3) is 11.1 Å². The van der Waals surface area contributed by atoms with E-state index in [1.165, 1.54) is 0 Å². The van der Waals surface area contributed by atoms with E-state index in [1.807, 2.05) is 56.4 Å². The van der Waals surface area contributed by atoms with Gasteiger partial charge < -0.3 is 0 Å². The van der Waals surface area contributed by atoms with Gasteiger partial charge in [0.05, 0.1) is 0 Å². The van der Waals surface area contributed by atoms with Crippen LogP contribution in [-0.4, -0.2) is 24.9 Å². The maximum atomic E-state index is 10.7. The minimum absolute atomic E-state index is 1.07. The van der Waals surface area contributed by atoms with Gasteiger partial charge in [0.1, 0.15) is 0 Å². The molecule has 0 amide bonds. The Bertz CT molecular complexity index is 514. The van der Waals surface area contributed by atoms with Crippen LogP contribution in [0.15, 0.2) is 54.6 Å². The number of benzene rings is 2. The molecule has 0 saturated heterocycles. The molecule has 2 aromatic carbocycles. The molecule has 0 fully saturated rings. The van der Waals surface area contributed by atoms with Crippen molar-refractivity contribution in [3.05, 3.63) is 54.6 Å². The van der Waals surface area contributed by atoms with E-state index in [-0.39, 0.29) is 0 Å². The summed E-state index contributed by atoms with van der Waals surface area (Å²) in [7, 11) is 0. The van der Waals surface area contributed by atoms with Crippen LogP contribution in [0.2, 0.25) is 0 Å². The van der Waals surface area contributed by atoms with Crippen LogP contribution < -0.4 is 5.30 Å². The third-order valence-corrected chi connectivity index (χ3v) is 4.87. The second-order valence-corrected chi connectivity index (χ2v) is 11.5. The van der Waals surface area contributed by atoms with Crippen LogP contribution in [-0.2, 0) is 0 Å². The first-order valence-electron chi connectivity index (χ1n) is 5.75. The fraction of sp³-hybridized carbons (Fsp3) is 0.200. The van der Waals surface area contributed by atoms with Gasteiger partial charge in [0.2, 0.25) is 0 Å². The van der Waals surface area contributed by atoms with Gasteiger partial charge in [0.25, 0.3) is 0 Å². The first-order valence-corrected chi connectivity index (χ1v) is 9.28. The minimum atomic E-state index is -2.73. The molecule has 0 aliphatic rings. The summed E-state index contributed by atoms with van der Waals surface area (Å²) < 4.78 is 0. The summed E-state index contributed by atoms with van der Waals surface area (Å²) in [6.07, 6.45) is 0. The van der Waals surface area contributed by atoms with Crippen molar-refractivity contribution in [3.63, 3.8) is 0 Å². The van der Waals surface area contributed by atoms with Crippen molar-refractivity contribution in [3.8, 4) is 11.1 Å². The fourth-order valence-corrected chi connectivity index (χ4v) is 3.64. The molecule has 17 heavy (non-hydrogen) atoms. The van der Waals surface area contributed by atoms with E-state index in [1.54, 1.807) is 0 Å². The molecule has 0 radical (unpaired) electrons. The Morgan fingerprint density at radius 3 is 1.88 bits per heavy atom. The van der Waals surface area contributed by atoms with Crippen molar-refractivity contribution < 1.29 is 4.89 Å². The Morgan fingerprint density at radius 2 is 1.29 bits per heavy atom. The van der Waals surface area contributed by atoms with Crippen molar-refractivity contribution in [2.75, 3.05) is 20.0 Å². The Hall–Kier alpha value is -1.17. The van der Waals surface area contributed by atoms with Gasteiger partial charge in [-0.2, -0.15) is 0 Å². The van der Waals surface area contributed by atoms with Crippen molar-refractivity contribution in [2.24, 2.45) is 0 Å². The van der Waals surface area contributed by atoms with Gasteiger partial charge >= 0.3 is 103 Å². The van der Waals surface area contributed by atoms with Crippen LogP contribution in [0.3, 0.4) is 0 Å². The molecular formula is C15H19OP. The van der Waals surface area contributed by atoms with Gasteiger partial charge in [-0.25, -0.2) is 0 Å². The van der Waals surface area contributed by atoms with Crippen LogP contribution >= 0.6 is 6.83 Å². The average molecular weight is 246 g/mol. The third-order valence-electron chi connectivity index (χ3n) is 2.82. The van der Waals surface area contributed by atoms with Gasteiger partial charge in [-0.15, -0.1) is 0 Å². The Kier molecular flexibility index (Phi) is 2.85. The van der Waals surface area contributed by atoms with Crippen molar-refractivity contribution in [2.45, 2.75) is 0 Å². The predicted molar refractivity (Wildman–Crippen MR) is 78.4 cm³/mol. The van der Waals surface area contributed by atoms with Gasteiger partial charge in [0, 0.05) is 0 Å². The van der Waals surface area contributed by atoms with E-state index in [2.05, 4.69) is 18.2 Å². The van der Waals surface area contributed by atoms with E-state index in [0.717, 1.165) is 16.4 Å². The molecule has 0 atom stereocenters. The van der Waals surface area contributed by atoms with Crippen LogP contribution in [0.5, 0.6) is 0 Å². The number of hydrogen-bond acceptors (Lipinski definition) is 1. The zero-order valence-electron chi connectivity index (χ0n) is 10.6.